The number of aliphatic hydroxyl groups is 1. The van der Waals surface area contributed by atoms with E-state index in [4.69, 9.17) is 10.4 Å². The van der Waals surface area contributed by atoms with Crippen LogP contribution in [-0.4, -0.2) is 36.2 Å². The van der Waals surface area contributed by atoms with Crippen molar-refractivity contribution in [3.05, 3.63) is 0 Å². The monoisotopic (exact) mass is 184 g/mol. The molecule has 0 fully saturated rings. The van der Waals surface area contributed by atoms with Gasteiger partial charge in [0.15, 0.2) is 0 Å². The third kappa shape index (κ3) is 6.56. The Balaban J connectivity index is 3.73. The first-order chi connectivity index (χ1) is 6.24. The lowest BCUT2D eigenvalue weighted by Gasteiger charge is -2.21. The minimum atomic E-state index is 0.0587. The molecule has 0 aromatic carbocycles. The molecule has 1 N–H and O–H groups in total. The summed E-state index contributed by atoms with van der Waals surface area (Å²) in [5, 5.41) is 17.4. The van der Waals surface area contributed by atoms with Gasteiger partial charge in [0.1, 0.15) is 0 Å². The highest BCUT2D eigenvalue weighted by Gasteiger charge is 2.07. The topological polar surface area (TPSA) is 47.3 Å². The number of rotatable bonds is 7. The Morgan fingerprint density at radius 1 is 1.46 bits per heavy atom. The summed E-state index contributed by atoms with van der Waals surface area (Å²) in [5.74, 6) is 0.0587. The van der Waals surface area contributed by atoms with Crippen LogP contribution in [0.5, 0.6) is 0 Å². The fourth-order valence-electron chi connectivity index (χ4n) is 1.25. The van der Waals surface area contributed by atoms with Gasteiger partial charge in [0, 0.05) is 13.1 Å². The first kappa shape index (κ1) is 12.4. The molecule has 0 aliphatic rings. The van der Waals surface area contributed by atoms with Crippen molar-refractivity contribution in [2.24, 2.45) is 5.92 Å². The predicted octanol–water partition coefficient (Wildman–Crippen LogP) is 1.24. The van der Waals surface area contributed by atoms with E-state index in [-0.39, 0.29) is 12.5 Å². The molecule has 0 spiro atoms. The van der Waals surface area contributed by atoms with Crippen molar-refractivity contribution in [2.45, 2.75) is 26.7 Å². The Kier molecular flexibility index (Phi) is 7.66. The lowest BCUT2D eigenvalue weighted by atomic mass is 10.2. The summed E-state index contributed by atoms with van der Waals surface area (Å²) in [6, 6.07) is 2.21. The van der Waals surface area contributed by atoms with E-state index in [1.165, 1.54) is 0 Å². The lowest BCUT2D eigenvalue weighted by molar-refractivity contribution is 0.185. The van der Waals surface area contributed by atoms with Gasteiger partial charge in [-0.05, 0) is 19.9 Å². The van der Waals surface area contributed by atoms with Crippen LogP contribution in [0.3, 0.4) is 0 Å². The molecule has 13 heavy (non-hydrogen) atoms. The van der Waals surface area contributed by atoms with Gasteiger partial charge in [0.25, 0.3) is 0 Å². The molecule has 0 aliphatic carbocycles. The molecular weight excluding hydrogens is 164 g/mol. The molecule has 0 aromatic heterocycles. The zero-order valence-electron chi connectivity index (χ0n) is 8.66. The van der Waals surface area contributed by atoms with Crippen molar-refractivity contribution < 1.29 is 5.11 Å². The molecule has 0 aromatic rings. The SMILES string of the molecule is CCCCN(CCO)CC(C)C#N. The van der Waals surface area contributed by atoms with Gasteiger partial charge in [-0.2, -0.15) is 5.26 Å². The molecule has 0 aliphatic heterocycles. The highest BCUT2D eigenvalue weighted by Crippen LogP contribution is 2.00. The van der Waals surface area contributed by atoms with E-state index >= 15 is 0 Å². The first-order valence-electron chi connectivity index (χ1n) is 4.97. The molecule has 0 rings (SSSR count). The number of nitrogens with zero attached hydrogens (tertiary/aromatic N) is 2. The molecule has 76 valence electrons. The molecule has 0 bridgehead atoms. The zero-order valence-corrected chi connectivity index (χ0v) is 8.66. The van der Waals surface area contributed by atoms with Gasteiger partial charge in [-0.15, -0.1) is 0 Å². The Bertz CT molecular complexity index is 153. The van der Waals surface area contributed by atoms with Crippen LogP contribution in [0.25, 0.3) is 0 Å². The van der Waals surface area contributed by atoms with E-state index in [0.717, 1.165) is 25.9 Å². The first-order valence-corrected chi connectivity index (χ1v) is 4.97. The van der Waals surface area contributed by atoms with Crippen molar-refractivity contribution >= 4 is 0 Å². The summed E-state index contributed by atoms with van der Waals surface area (Å²) in [4.78, 5) is 2.15. The van der Waals surface area contributed by atoms with Crippen LogP contribution in [-0.2, 0) is 0 Å². The maximum atomic E-state index is 8.80. The van der Waals surface area contributed by atoms with Gasteiger partial charge in [0.05, 0.1) is 18.6 Å². The van der Waals surface area contributed by atoms with Gasteiger partial charge >= 0.3 is 0 Å². The fourth-order valence-corrected chi connectivity index (χ4v) is 1.25. The molecule has 0 heterocycles. The van der Waals surface area contributed by atoms with E-state index in [2.05, 4.69) is 17.9 Å². The third-order valence-electron chi connectivity index (χ3n) is 2.00. The van der Waals surface area contributed by atoms with Crippen LogP contribution in [0.2, 0.25) is 0 Å². The molecule has 0 saturated heterocycles. The van der Waals surface area contributed by atoms with Crippen molar-refractivity contribution in [2.75, 3.05) is 26.2 Å². The number of aliphatic hydroxyl groups excluding tert-OH is 1. The largest absolute Gasteiger partial charge is 0.395 e. The average Bonchev–Trinajstić information content (AvgIpc) is 2.14. The van der Waals surface area contributed by atoms with Crippen LogP contribution >= 0.6 is 0 Å². The summed E-state index contributed by atoms with van der Waals surface area (Å²) >= 11 is 0. The Labute approximate surface area is 81.0 Å². The maximum absolute atomic E-state index is 8.80. The summed E-state index contributed by atoms with van der Waals surface area (Å²) in [7, 11) is 0. The van der Waals surface area contributed by atoms with Gasteiger partial charge < -0.3 is 5.11 Å². The number of hydrogen-bond acceptors (Lipinski definition) is 3. The summed E-state index contributed by atoms with van der Waals surface area (Å²) in [6.07, 6.45) is 2.29. The zero-order chi connectivity index (χ0) is 10.1. The second kappa shape index (κ2) is 8.03. The number of unbranched alkanes of at least 4 members (excludes halogenated alkanes) is 1. The van der Waals surface area contributed by atoms with Crippen molar-refractivity contribution in [1.29, 1.82) is 5.26 Å². The molecular formula is C10H20N2O. The van der Waals surface area contributed by atoms with Gasteiger partial charge in [-0.1, -0.05) is 13.3 Å². The van der Waals surface area contributed by atoms with Crippen molar-refractivity contribution in [3.63, 3.8) is 0 Å². The second-order valence-corrected chi connectivity index (χ2v) is 3.41. The van der Waals surface area contributed by atoms with E-state index in [1.54, 1.807) is 0 Å². The fraction of sp³-hybridized carbons (Fsp3) is 0.900. The van der Waals surface area contributed by atoms with Gasteiger partial charge in [0.2, 0.25) is 0 Å². The highest BCUT2D eigenvalue weighted by atomic mass is 16.3. The second-order valence-electron chi connectivity index (χ2n) is 3.41. The summed E-state index contributed by atoms with van der Waals surface area (Å²) in [6.45, 7) is 6.69. The third-order valence-corrected chi connectivity index (χ3v) is 2.00. The standard InChI is InChI=1S/C10H20N2O/c1-3-4-5-12(6-7-13)9-10(2)8-11/h10,13H,3-7,9H2,1-2H3. The lowest BCUT2D eigenvalue weighted by Crippen LogP contribution is -2.31. The Hall–Kier alpha value is -0.590. The van der Waals surface area contributed by atoms with Crippen LogP contribution < -0.4 is 0 Å². The molecule has 0 amide bonds. The molecule has 0 radical (unpaired) electrons. The maximum Gasteiger partial charge on any atom is 0.0666 e. The molecule has 0 saturated carbocycles. The van der Waals surface area contributed by atoms with Crippen LogP contribution in [0.1, 0.15) is 26.7 Å². The van der Waals surface area contributed by atoms with E-state index < -0.39 is 0 Å². The van der Waals surface area contributed by atoms with E-state index in [9.17, 15) is 0 Å². The predicted molar refractivity (Wildman–Crippen MR) is 53.2 cm³/mol. The van der Waals surface area contributed by atoms with Crippen molar-refractivity contribution in [1.82, 2.24) is 4.90 Å². The van der Waals surface area contributed by atoms with E-state index in [1.807, 2.05) is 6.92 Å². The molecule has 1 unspecified atom stereocenters. The minimum absolute atomic E-state index is 0.0587. The van der Waals surface area contributed by atoms with Crippen LogP contribution in [0.4, 0.5) is 0 Å². The number of nitriles is 1. The Morgan fingerprint density at radius 3 is 2.62 bits per heavy atom. The van der Waals surface area contributed by atoms with Crippen LogP contribution in [0.15, 0.2) is 0 Å². The quantitative estimate of drug-likeness (QED) is 0.647. The highest BCUT2D eigenvalue weighted by molar-refractivity contribution is 4.81. The summed E-state index contributed by atoms with van der Waals surface area (Å²) < 4.78 is 0. The summed E-state index contributed by atoms with van der Waals surface area (Å²) in [5.41, 5.74) is 0. The van der Waals surface area contributed by atoms with Gasteiger partial charge in [-0.3, -0.25) is 4.90 Å². The average molecular weight is 184 g/mol. The number of hydrogen-bond donors (Lipinski definition) is 1. The normalized spacial score (nSPS) is 12.8. The van der Waals surface area contributed by atoms with Gasteiger partial charge in [-0.25, -0.2) is 0 Å². The minimum Gasteiger partial charge on any atom is -0.395 e. The van der Waals surface area contributed by atoms with Crippen molar-refractivity contribution in [3.8, 4) is 6.07 Å². The van der Waals surface area contributed by atoms with Crippen LogP contribution in [0, 0.1) is 17.2 Å². The Morgan fingerprint density at radius 2 is 2.15 bits per heavy atom. The smallest absolute Gasteiger partial charge is 0.0666 e. The van der Waals surface area contributed by atoms with E-state index in [0.29, 0.717) is 6.54 Å². The molecule has 3 heteroatoms. The molecule has 1 atom stereocenters. The molecule has 3 nitrogen and oxygen atoms in total.